The maximum Gasteiger partial charge on any atom is 0.252 e. The predicted molar refractivity (Wildman–Crippen MR) is 77.6 cm³/mol. The van der Waals surface area contributed by atoms with Crippen LogP contribution in [0.3, 0.4) is 0 Å². The average Bonchev–Trinajstić information content (AvgIpc) is 2.88. The van der Waals surface area contributed by atoms with Crippen LogP contribution in [0.15, 0.2) is 14.1 Å². The zero-order chi connectivity index (χ0) is 13.3. The molecule has 1 aliphatic rings. The van der Waals surface area contributed by atoms with Crippen molar-refractivity contribution in [2.75, 3.05) is 20.1 Å². The fourth-order valence-corrected chi connectivity index (χ4v) is 6.29. The zero-order valence-corrected chi connectivity index (χ0v) is 13.7. The second kappa shape index (κ2) is 5.58. The molecule has 7 heteroatoms. The quantitative estimate of drug-likeness (QED) is 0.903. The Hall–Kier alpha value is 0.0500. The van der Waals surface area contributed by atoms with Gasteiger partial charge in [0, 0.05) is 19.1 Å². The van der Waals surface area contributed by atoms with E-state index < -0.39 is 10.0 Å². The highest BCUT2D eigenvalue weighted by molar-refractivity contribution is 9.11. The van der Waals surface area contributed by atoms with E-state index in [9.17, 15) is 8.42 Å². The van der Waals surface area contributed by atoms with Crippen molar-refractivity contribution >= 4 is 37.3 Å². The van der Waals surface area contributed by atoms with Crippen LogP contribution in [0.1, 0.15) is 18.4 Å². The Morgan fingerprint density at radius 3 is 2.89 bits per heavy atom. The van der Waals surface area contributed by atoms with Gasteiger partial charge < -0.3 is 5.32 Å². The number of thiophene rings is 1. The van der Waals surface area contributed by atoms with Gasteiger partial charge in [-0.3, -0.25) is 0 Å². The van der Waals surface area contributed by atoms with Crippen LogP contribution in [0.2, 0.25) is 0 Å². The van der Waals surface area contributed by atoms with Crippen LogP contribution in [-0.4, -0.2) is 38.9 Å². The lowest BCUT2D eigenvalue weighted by molar-refractivity contribution is 0.380. The topological polar surface area (TPSA) is 49.4 Å². The summed E-state index contributed by atoms with van der Waals surface area (Å²) in [4.78, 5) is 0. The molecule has 1 atom stereocenters. The zero-order valence-electron chi connectivity index (χ0n) is 10.4. The van der Waals surface area contributed by atoms with Crippen LogP contribution in [0.25, 0.3) is 0 Å². The van der Waals surface area contributed by atoms with E-state index in [1.165, 1.54) is 11.3 Å². The second-order valence-corrected chi connectivity index (χ2v) is 8.98. The minimum Gasteiger partial charge on any atom is -0.318 e. The van der Waals surface area contributed by atoms with E-state index in [2.05, 4.69) is 21.2 Å². The summed E-state index contributed by atoms with van der Waals surface area (Å²) in [5.74, 6) is 0. The van der Waals surface area contributed by atoms with Gasteiger partial charge in [0.05, 0.1) is 3.79 Å². The molecule has 2 rings (SSSR count). The van der Waals surface area contributed by atoms with Crippen molar-refractivity contribution in [3.05, 3.63) is 15.4 Å². The lowest BCUT2D eigenvalue weighted by Crippen LogP contribution is -2.40. The van der Waals surface area contributed by atoms with E-state index in [1.54, 1.807) is 10.4 Å². The third-order valence-electron chi connectivity index (χ3n) is 3.16. The van der Waals surface area contributed by atoms with Crippen molar-refractivity contribution in [3.63, 3.8) is 0 Å². The number of halogens is 1. The maximum atomic E-state index is 12.6. The number of nitrogens with zero attached hydrogens (tertiary/aromatic N) is 1. The molecule has 0 saturated carbocycles. The van der Waals surface area contributed by atoms with E-state index in [4.69, 9.17) is 0 Å². The number of hydrogen-bond donors (Lipinski definition) is 1. The van der Waals surface area contributed by atoms with Crippen molar-refractivity contribution < 1.29 is 8.42 Å². The Morgan fingerprint density at radius 1 is 1.61 bits per heavy atom. The maximum absolute atomic E-state index is 12.6. The summed E-state index contributed by atoms with van der Waals surface area (Å²) in [6.45, 7) is 3.25. The van der Waals surface area contributed by atoms with Crippen LogP contribution < -0.4 is 5.32 Å². The summed E-state index contributed by atoms with van der Waals surface area (Å²) in [5.41, 5.74) is 0.975. The standard InChI is InChI=1S/C11H17BrN2O2S2/c1-8-6-10(17-11(8)12)18(15,16)14-5-3-4-9(14)7-13-2/h6,9,13H,3-5,7H2,1-2H3. The van der Waals surface area contributed by atoms with Crippen LogP contribution in [0.4, 0.5) is 0 Å². The van der Waals surface area contributed by atoms with Gasteiger partial charge in [-0.2, -0.15) is 4.31 Å². The van der Waals surface area contributed by atoms with Gasteiger partial charge in [0.1, 0.15) is 4.21 Å². The third kappa shape index (κ3) is 2.65. The summed E-state index contributed by atoms with van der Waals surface area (Å²) < 4.78 is 28.1. The molecule has 1 aromatic heterocycles. The molecule has 0 amide bonds. The van der Waals surface area contributed by atoms with Crippen LogP contribution in [0.5, 0.6) is 0 Å². The summed E-state index contributed by atoms with van der Waals surface area (Å²) in [5, 5.41) is 3.07. The van der Waals surface area contributed by atoms with E-state index in [0.717, 1.165) is 22.2 Å². The normalized spacial score (nSPS) is 21.6. The summed E-state index contributed by atoms with van der Waals surface area (Å²) in [7, 11) is -1.47. The fourth-order valence-electron chi connectivity index (χ4n) is 2.24. The highest BCUT2D eigenvalue weighted by Gasteiger charge is 2.35. The molecule has 1 fully saturated rings. The summed E-state index contributed by atoms with van der Waals surface area (Å²) >= 11 is 4.68. The third-order valence-corrected chi connectivity index (χ3v) is 7.70. The van der Waals surface area contributed by atoms with Crippen molar-refractivity contribution in [1.82, 2.24) is 9.62 Å². The number of aryl methyl sites for hydroxylation is 1. The van der Waals surface area contributed by atoms with Crippen LogP contribution in [0, 0.1) is 6.92 Å². The molecule has 1 aromatic rings. The molecule has 1 aliphatic heterocycles. The molecule has 0 spiro atoms. The molecule has 102 valence electrons. The Balaban J connectivity index is 2.30. The highest BCUT2D eigenvalue weighted by atomic mass is 79.9. The summed E-state index contributed by atoms with van der Waals surface area (Å²) in [6.07, 6.45) is 1.88. The summed E-state index contributed by atoms with van der Waals surface area (Å²) in [6, 6.07) is 1.83. The first-order chi connectivity index (χ1) is 8.46. The number of sulfonamides is 1. The average molecular weight is 353 g/mol. The smallest absolute Gasteiger partial charge is 0.252 e. The minimum absolute atomic E-state index is 0.0844. The second-order valence-electron chi connectivity index (χ2n) is 4.49. The molecule has 18 heavy (non-hydrogen) atoms. The van der Waals surface area contributed by atoms with E-state index in [1.807, 2.05) is 14.0 Å². The first-order valence-electron chi connectivity index (χ1n) is 5.89. The minimum atomic E-state index is -3.33. The Bertz CT molecular complexity index is 508. The van der Waals surface area contributed by atoms with E-state index >= 15 is 0 Å². The van der Waals surface area contributed by atoms with Gasteiger partial charge in [-0.25, -0.2) is 8.42 Å². The molecular weight excluding hydrogens is 336 g/mol. The molecule has 2 heterocycles. The van der Waals surface area contributed by atoms with Crippen molar-refractivity contribution in [2.45, 2.75) is 30.0 Å². The van der Waals surface area contributed by atoms with Crippen molar-refractivity contribution in [2.24, 2.45) is 0 Å². The van der Waals surface area contributed by atoms with Crippen LogP contribution in [-0.2, 0) is 10.0 Å². The van der Waals surface area contributed by atoms with Gasteiger partial charge in [-0.05, 0) is 54.4 Å². The van der Waals surface area contributed by atoms with Gasteiger partial charge in [-0.15, -0.1) is 11.3 Å². The Kier molecular flexibility index (Phi) is 4.48. The predicted octanol–water partition coefficient (Wildman–Crippen LogP) is 2.19. The van der Waals surface area contributed by atoms with Gasteiger partial charge in [-0.1, -0.05) is 0 Å². The lowest BCUT2D eigenvalue weighted by atomic mass is 10.2. The number of hydrogen-bond acceptors (Lipinski definition) is 4. The van der Waals surface area contributed by atoms with Crippen molar-refractivity contribution in [1.29, 1.82) is 0 Å². The molecule has 0 aromatic carbocycles. The molecule has 1 unspecified atom stereocenters. The largest absolute Gasteiger partial charge is 0.318 e. The van der Waals surface area contributed by atoms with Gasteiger partial charge in [0.25, 0.3) is 10.0 Å². The Morgan fingerprint density at radius 2 is 2.33 bits per heavy atom. The molecule has 0 bridgehead atoms. The number of likely N-dealkylation sites (N-methyl/N-ethyl adjacent to an activating group) is 1. The Labute approximate surface area is 121 Å². The fraction of sp³-hybridized carbons (Fsp3) is 0.636. The number of nitrogens with one attached hydrogen (secondary N) is 1. The van der Waals surface area contributed by atoms with Crippen molar-refractivity contribution in [3.8, 4) is 0 Å². The monoisotopic (exact) mass is 352 g/mol. The first-order valence-corrected chi connectivity index (χ1v) is 8.94. The van der Waals surface area contributed by atoms with E-state index in [0.29, 0.717) is 17.3 Å². The molecule has 0 radical (unpaired) electrons. The molecular formula is C11H17BrN2O2S2. The number of rotatable bonds is 4. The lowest BCUT2D eigenvalue weighted by Gasteiger charge is -2.22. The molecule has 1 saturated heterocycles. The van der Waals surface area contributed by atoms with Crippen LogP contribution >= 0.6 is 27.3 Å². The van der Waals surface area contributed by atoms with Gasteiger partial charge >= 0.3 is 0 Å². The SMILES string of the molecule is CNCC1CCCN1S(=O)(=O)c1cc(C)c(Br)s1. The highest BCUT2D eigenvalue weighted by Crippen LogP contribution is 2.34. The molecule has 1 N–H and O–H groups in total. The molecule has 0 aliphatic carbocycles. The molecule has 4 nitrogen and oxygen atoms in total. The van der Waals surface area contributed by atoms with Gasteiger partial charge in [0.2, 0.25) is 0 Å². The first kappa shape index (κ1) is 14.5. The van der Waals surface area contributed by atoms with Gasteiger partial charge in [0.15, 0.2) is 0 Å². The van der Waals surface area contributed by atoms with E-state index in [-0.39, 0.29) is 6.04 Å².